The zero-order valence-corrected chi connectivity index (χ0v) is 22.0. The summed E-state index contributed by atoms with van der Waals surface area (Å²) in [4.78, 5) is 37.3. The fourth-order valence-corrected chi connectivity index (χ4v) is 4.34. The van der Waals surface area contributed by atoms with Crippen molar-refractivity contribution < 1.29 is 42.5 Å². The number of anilines is 1. The van der Waals surface area contributed by atoms with Crippen LogP contribution in [0.15, 0.2) is 60.7 Å². The summed E-state index contributed by atoms with van der Waals surface area (Å²) >= 11 is 12.3. The smallest absolute Gasteiger partial charge is 0.326 e. The molecule has 1 aliphatic heterocycles. The number of para-hydroxylation sites is 1. The van der Waals surface area contributed by atoms with Gasteiger partial charge in [-0.05, 0) is 42.0 Å². The van der Waals surface area contributed by atoms with Gasteiger partial charge in [0, 0.05) is 22.0 Å². The van der Waals surface area contributed by atoms with Crippen molar-refractivity contribution in [1.29, 1.82) is 0 Å². The summed E-state index contributed by atoms with van der Waals surface area (Å²) in [6, 6.07) is 13.2. The van der Waals surface area contributed by atoms with Crippen molar-refractivity contribution in [2.45, 2.75) is 31.3 Å². The number of ether oxygens (including phenoxy) is 3. The summed E-state index contributed by atoms with van der Waals surface area (Å²) in [5, 5.41) is 14.9. The highest BCUT2D eigenvalue weighted by molar-refractivity contribution is 6.35. The zero-order chi connectivity index (χ0) is 28.8. The Hall–Kier alpha value is -3.77. The first-order valence-electron chi connectivity index (χ1n) is 11.8. The molecular weight excluding hydrogens is 573 g/mol. The van der Waals surface area contributed by atoms with Crippen LogP contribution < -0.4 is 15.4 Å². The second-order valence-electron chi connectivity index (χ2n) is 8.61. The Balaban J connectivity index is 1.36. The molecule has 0 saturated carbocycles. The van der Waals surface area contributed by atoms with Crippen molar-refractivity contribution in [3.05, 3.63) is 93.5 Å². The van der Waals surface area contributed by atoms with Crippen LogP contribution in [0.3, 0.4) is 0 Å². The zero-order valence-electron chi connectivity index (χ0n) is 20.5. The Morgan fingerprint density at radius 2 is 1.50 bits per heavy atom. The largest absolute Gasteiger partial charge is 0.489 e. The predicted molar refractivity (Wildman–Crippen MR) is 140 cm³/mol. The Bertz CT molecular complexity index is 1370. The van der Waals surface area contributed by atoms with E-state index in [9.17, 15) is 28.3 Å². The summed E-state index contributed by atoms with van der Waals surface area (Å²) in [5.74, 6) is -4.90. The molecule has 3 N–H and O–H groups in total. The minimum atomic E-state index is -1.57. The van der Waals surface area contributed by atoms with Crippen LogP contribution in [0.4, 0.5) is 14.5 Å². The third-order valence-electron chi connectivity index (χ3n) is 5.92. The van der Waals surface area contributed by atoms with Crippen molar-refractivity contribution in [1.82, 2.24) is 5.32 Å². The molecule has 0 spiro atoms. The molecular formula is C27H22Cl2F2N2O7. The molecule has 1 aliphatic rings. The summed E-state index contributed by atoms with van der Waals surface area (Å²) in [5.41, 5.74) is 0.462. The first kappa shape index (κ1) is 29.2. The molecule has 13 heteroatoms. The molecule has 4 rings (SSSR count). The number of nitrogens with one attached hydrogen (secondary N) is 2. The van der Waals surface area contributed by atoms with E-state index in [1.165, 1.54) is 0 Å². The van der Waals surface area contributed by atoms with Crippen LogP contribution in [0.5, 0.6) is 5.75 Å². The minimum Gasteiger partial charge on any atom is -0.489 e. The number of carbonyl (C=O) groups is 3. The number of halogens is 4. The molecule has 0 aromatic heterocycles. The van der Waals surface area contributed by atoms with Gasteiger partial charge in [-0.2, -0.15) is 0 Å². The molecule has 0 aliphatic carbocycles. The molecule has 1 fully saturated rings. The van der Waals surface area contributed by atoms with Gasteiger partial charge in [0.1, 0.15) is 42.5 Å². The van der Waals surface area contributed by atoms with E-state index in [0.717, 1.165) is 18.2 Å². The molecule has 1 saturated heterocycles. The van der Waals surface area contributed by atoms with Crippen LogP contribution in [0.2, 0.25) is 10.0 Å². The number of carbonyl (C=O) groups excluding carboxylic acids is 2. The van der Waals surface area contributed by atoms with Crippen molar-refractivity contribution in [3.63, 3.8) is 0 Å². The van der Waals surface area contributed by atoms with Crippen molar-refractivity contribution in [2.75, 3.05) is 12.1 Å². The number of rotatable bonds is 10. The van der Waals surface area contributed by atoms with Crippen LogP contribution >= 0.6 is 23.2 Å². The summed E-state index contributed by atoms with van der Waals surface area (Å²) in [6.45, 7) is -0.345. The Morgan fingerprint density at radius 1 is 0.925 bits per heavy atom. The second-order valence-corrected chi connectivity index (χ2v) is 9.43. The molecule has 3 aromatic rings. The highest BCUT2D eigenvalue weighted by Gasteiger charge is 2.42. The molecule has 3 aromatic carbocycles. The van der Waals surface area contributed by atoms with Crippen molar-refractivity contribution in [3.8, 4) is 5.75 Å². The summed E-state index contributed by atoms with van der Waals surface area (Å²) in [7, 11) is 0. The lowest BCUT2D eigenvalue weighted by molar-refractivity contribution is -0.144. The van der Waals surface area contributed by atoms with Gasteiger partial charge in [-0.15, -0.1) is 0 Å². The number of hydrogen-bond donors (Lipinski definition) is 3. The lowest BCUT2D eigenvalue weighted by Crippen LogP contribution is -2.51. The first-order chi connectivity index (χ1) is 19.1. The van der Waals surface area contributed by atoms with E-state index < -0.39 is 60.1 Å². The number of aliphatic carboxylic acids is 1. The van der Waals surface area contributed by atoms with Crippen LogP contribution in [0.1, 0.15) is 11.1 Å². The maximum Gasteiger partial charge on any atom is 0.326 e. The quantitative estimate of drug-likeness (QED) is 0.319. The van der Waals surface area contributed by atoms with Crippen LogP contribution in [-0.2, 0) is 36.9 Å². The van der Waals surface area contributed by atoms with E-state index in [1.807, 2.05) is 5.32 Å². The number of carboxylic acids is 1. The van der Waals surface area contributed by atoms with Gasteiger partial charge in [-0.3, -0.25) is 9.59 Å². The molecule has 40 heavy (non-hydrogen) atoms. The standard InChI is InChI=1S/C27H22Cl2F2N2O7/c28-17-3-1-4-18(29)16(17)12-38-15-9-7-14(8-10-15)11-21(27(36)37)32-25(34)23-24(40-13-39-23)26(35)33-22-19(30)5-2-6-20(22)31/h1-10,21,23-24H,11-13H2,(H,32,34)(H,33,35)(H,36,37)/t21-,23+,24+/m0/s1. The minimum absolute atomic E-state index is 0.109. The molecule has 0 unspecified atom stereocenters. The molecule has 0 radical (unpaired) electrons. The average molecular weight is 595 g/mol. The molecule has 3 atom stereocenters. The van der Waals surface area contributed by atoms with E-state index in [1.54, 1.807) is 42.5 Å². The maximum absolute atomic E-state index is 13.9. The average Bonchev–Trinajstić information content (AvgIpc) is 3.41. The SMILES string of the molecule is O=C(O)[C@H](Cc1ccc(OCc2c(Cl)cccc2Cl)cc1)NC(=O)[C@@H]1OCO[C@H]1C(=O)Nc1c(F)cccc1F. The lowest BCUT2D eigenvalue weighted by Gasteiger charge is -2.20. The molecule has 0 bridgehead atoms. The van der Waals surface area contributed by atoms with Gasteiger partial charge in [0.2, 0.25) is 0 Å². The lowest BCUT2D eigenvalue weighted by atomic mass is 10.0. The Labute approximate surface area is 236 Å². The van der Waals surface area contributed by atoms with Crippen LogP contribution in [-0.4, -0.2) is 47.9 Å². The third-order valence-corrected chi connectivity index (χ3v) is 6.63. The fraction of sp³-hybridized carbons (Fsp3) is 0.222. The van der Waals surface area contributed by atoms with Gasteiger partial charge < -0.3 is 30.0 Å². The Morgan fingerprint density at radius 3 is 2.10 bits per heavy atom. The van der Waals surface area contributed by atoms with Crippen molar-refractivity contribution in [2.24, 2.45) is 0 Å². The molecule has 2 amide bonds. The fourth-order valence-electron chi connectivity index (χ4n) is 3.84. The highest BCUT2D eigenvalue weighted by Crippen LogP contribution is 2.26. The number of carboxylic acid groups (broad SMARTS) is 1. The van der Waals surface area contributed by atoms with E-state index in [0.29, 0.717) is 26.9 Å². The second kappa shape index (κ2) is 13.1. The Kier molecular flexibility index (Phi) is 9.54. The normalized spacial score (nSPS) is 17.2. The van der Waals surface area contributed by atoms with Gasteiger partial charge in [0.25, 0.3) is 11.8 Å². The van der Waals surface area contributed by atoms with E-state index >= 15 is 0 Å². The van der Waals surface area contributed by atoms with Crippen LogP contribution in [0, 0.1) is 11.6 Å². The van der Waals surface area contributed by atoms with E-state index in [2.05, 4.69) is 5.32 Å². The van der Waals surface area contributed by atoms with Gasteiger partial charge in [-0.25, -0.2) is 13.6 Å². The highest BCUT2D eigenvalue weighted by atomic mass is 35.5. The van der Waals surface area contributed by atoms with E-state index in [-0.39, 0.29) is 13.0 Å². The third kappa shape index (κ3) is 7.05. The number of hydrogen-bond acceptors (Lipinski definition) is 6. The van der Waals surface area contributed by atoms with Gasteiger partial charge in [-0.1, -0.05) is 47.5 Å². The summed E-state index contributed by atoms with van der Waals surface area (Å²) in [6.07, 6.45) is -3.23. The van der Waals surface area contributed by atoms with E-state index in [4.69, 9.17) is 37.4 Å². The monoisotopic (exact) mass is 594 g/mol. The molecule has 1 heterocycles. The number of amides is 2. The molecule has 9 nitrogen and oxygen atoms in total. The molecule has 210 valence electrons. The summed E-state index contributed by atoms with van der Waals surface area (Å²) < 4.78 is 43.8. The van der Waals surface area contributed by atoms with Crippen molar-refractivity contribution >= 4 is 46.7 Å². The number of benzene rings is 3. The predicted octanol–water partition coefficient (Wildman–Crippen LogP) is 4.34. The van der Waals surface area contributed by atoms with Gasteiger partial charge in [0.05, 0.1) is 0 Å². The van der Waals surface area contributed by atoms with Crippen LogP contribution in [0.25, 0.3) is 0 Å². The van der Waals surface area contributed by atoms with Gasteiger partial charge >= 0.3 is 5.97 Å². The maximum atomic E-state index is 13.9. The topological polar surface area (TPSA) is 123 Å². The first-order valence-corrected chi connectivity index (χ1v) is 12.6. The van der Waals surface area contributed by atoms with Gasteiger partial charge in [0.15, 0.2) is 12.2 Å².